The highest BCUT2D eigenvalue weighted by Gasteiger charge is 1.99. The van der Waals surface area contributed by atoms with E-state index in [4.69, 9.17) is 106 Å². The first kappa shape index (κ1) is 63.1. The lowest BCUT2D eigenvalue weighted by Gasteiger charge is -2.09. The third-order valence-corrected chi connectivity index (χ3v) is 7.59. The van der Waals surface area contributed by atoms with Crippen LogP contribution in [0.3, 0.4) is 0 Å². The van der Waals surface area contributed by atoms with Crippen LogP contribution in [0.15, 0.2) is 0 Å². The first-order chi connectivity index (χ1) is 31.9. The Morgan fingerprint density at radius 2 is 0.172 bits per heavy atom. The average Bonchev–Trinajstić information content (AvgIpc) is 3.31. The third-order valence-electron chi connectivity index (χ3n) is 7.59. The van der Waals surface area contributed by atoms with E-state index in [2.05, 4.69) is 0 Å². The zero-order chi connectivity index (χ0) is 45.8. The van der Waals surface area contributed by atoms with E-state index in [9.17, 15) is 0 Å². The van der Waals surface area contributed by atoms with Gasteiger partial charge in [0, 0.05) is 13.1 Å². The van der Waals surface area contributed by atoms with Gasteiger partial charge in [-0.1, -0.05) is 0 Å². The van der Waals surface area contributed by atoms with Crippen molar-refractivity contribution in [2.45, 2.75) is 0 Å². The Hall–Kier alpha value is -0.880. The van der Waals surface area contributed by atoms with E-state index < -0.39 is 0 Å². The Balaban J connectivity index is 3.06. The molecule has 22 nitrogen and oxygen atoms in total. The molecule has 0 radical (unpaired) electrons. The van der Waals surface area contributed by atoms with Crippen LogP contribution in [-0.4, -0.2) is 277 Å². The monoisotopic (exact) mass is 941 g/mol. The average molecular weight is 941 g/mol. The van der Waals surface area contributed by atoms with Gasteiger partial charge in [0.25, 0.3) is 0 Å². The minimum atomic E-state index is 0.492. The molecule has 64 heavy (non-hydrogen) atoms. The maximum absolute atomic E-state index is 5.51. The number of hydrogen-bond acceptors (Lipinski definition) is 22. The fraction of sp³-hybridized carbons (Fsp3) is 1.00. The molecular formula is C42H88N2O20. The highest BCUT2D eigenvalue weighted by molar-refractivity contribution is 4.42. The SMILES string of the molecule is NCCOCCOCCOCCOCCOCCOCCOCCOCCOCCOCCOCCOCCOCCOCCOCCOCCOCCOCCOCCOCCN. The molecule has 386 valence electrons. The van der Waals surface area contributed by atoms with Crippen LogP contribution in [-0.2, 0) is 94.7 Å². The van der Waals surface area contributed by atoms with E-state index in [1.165, 1.54) is 0 Å². The molecule has 0 aromatic rings. The minimum absolute atomic E-state index is 0.492. The molecular weight excluding hydrogens is 852 g/mol. The Labute approximate surface area is 383 Å². The van der Waals surface area contributed by atoms with Crippen molar-refractivity contribution in [1.82, 2.24) is 0 Å². The molecule has 0 atom stereocenters. The normalized spacial score (nSPS) is 11.7. The van der Waals surface area contributed by atoms with E-state index in [1.807, 2.05) is 0 Å². The molecule has 0 bridgehead atoms. The maximum atomic E-state index is 5.51. The van der Waals surface area contributed by atoms with Gasteiger partial charge in [-0.15, -0.1) is 0 Å². The summed E-state index contributed by atoms with van der Waals surface area (Å²) in [6.45, 7) is 21.4. The van der Waals surface area contributed by atoms with Gasteiger partial charge >= 0.3 is 0 Å². The lowest BCUT2D eigenvalue weighted by Crippen LogP contribution is -2.16. The lowest BCUT2D eigenvalue weighted by atomic mass is 10.6. The van der Waals surface area contributed by atoms with E-state index in [-0.39, 0.29) is 0 Å². The van der Waals surface area contributed by atoms with Gasteiger partial charge in [-0.05, 0) is 0 Å². The second-order valence-electron chi connectivity index (χ2n) is 12.8. The first-order valence-electron chi connectivity index (χ1n) is 22.9. The molecule has 4 N–H and O–H groups in total. The number of hydrogen-bond donors (Lipinski definition) is 2. The summed E-state index contributed by atoms with van der Waals surface area (Å²) in [6.07, 6.45) is 0. The Morgan fingerprint density at radius 3 is 0.234 bits per heavy atom. The van der Waals surface area contributed by atoms with Gasteiger partial charge in [-0.2, -0.15) is 0 Å². The molecule has 0 heterocycles. The van der Waals surface area contributed by atoms with Crippen molar-refractivity contribution in [2.24, 2.45) is 11.5 Å². The quantitative estimate of drug-likeness (QED) is 0.0713. The summed E-state index contributed by atoms with van der Waals surface area (Å²) in [5.41, 5.74) is 10.7. The van der Waals surface area contributed by atoms with E-state index in [1.54, 1.807) is 0 Å². The molecule has 0 saturated heterocycles. The van der Waals surface area contributed by atoms with Crippen molar-refractivity contribution in [3.05, 3.63) is 0 Å². The highest BCUT2D eigenvalue weighted by atomic mass is 16.6. The summed E-state index contributed by atoms with van der Waals surface area (Å²) >= 11 is 0. The summed E-state index contributed by atoms with van der Waals surface area (Å²) in [7, 11) is 0. The molecule has 0 unspecified atom stereocenters. The van der Waals surface area contributed by atoms with Crippen molar-refractivity contribution >= 4 is 0 Å². The highest BCUT2D eigenvalue weighted by Crippen LogP contribution is 1.90. The topological polar surface area (TPSA) is 237 Å². The van der Waals surface area contributed by atoms with E-state index in [0.717, 1.165) is 0 Å². The summed E-state index contributed by atoms with van der Waals surface area (Å²) in [6, 6.07) is 0. The van der Waals surface area contributed by atoms with Crippen LogP contribution in [0.4, 0.5) is 0 Å². The molecule has 0 aromatic carbocycles. The number of rotatable bonds is 61. The Kier molecular flexibility index (Phi) is 61.3. The Bertz CT molecular complexity index is 745. The standard InChI is InChI=1S/C42H88N2O20/c43-1-3-45-5-7-47-9-11-49-13-15-51-17-19-53-21-23-55-25-27-57-29-31-59-33-35-61-37-39-63-41-42-64-40-38-62-36-34-60-32-30-58-28-26-56-24-22-54-20-18-52-16-14-50-12-10-48-8-6-46-4-2-44/h1-44H2. The van der Waals surface area contributed by atoms with Crippen LogP contribution in [0.1, 0.15) is 0 Å². The van der Waals surface area contributed by atoms with Crippen molar-refractivity contribution < 1.29 is 94.7 Å². The summed E-state index contributed by atoms with van der Waals surface area (Å²) < 4.78 is 109. The van der Waals surface area contributed by atoms with Crippen molar-refractivity contribution in [3.63, 3.8) is 0 Å². The minimum Gasteiger partial charge on any atom is -0.378 e. The second kappa shape index (κ2) is 62.1. The van der Waals surface area contributed by atoms with Crippen molar-refractivity contribution in [1.29, 1.82) is 0 Å². The molecule has 0 amide bonds. The van der Waals surface area contributed by atoms with Gasteiger partial charge in [0.1, 0.15) is 0 Å². The van der Waals surface area contributed by atoms with E-state index in [0.29, 0.717) is 277 Å². The summed E-state index contributed by atoms with van der Waals surface area (Å²) in [5.74, 6) is 0. The lowest BCUT2D eigenvalue weighted by molar-refractivity contribution is -0.0314. The second-order valence-corrected chi connectivity index (χ2v) is 12.8. The third kappa shape index (κ3) is 61.1. The molecule has 0 aromatic heterocycles. The number of nitrogens with two attached hydrogens (primary N) is 2. The molecule has 22 heteroatoms. The molecule has 0 aliphatic rings. The van der Waals surface area contributed by atoms with Gasteiger partial charge in [0.05, 0.1) is 264 Å². The Morgan fingerprint density at radius 1 is 0.109 bits per heavy atom. The zero-order valence-corrected chi connectivity index (χ0v) is 39.0. The predicted octanol–water partition coefficient (Wildman–Crippen LogP) is -0.764. The van der Waals surface area contributed by atoms with Crippen LogP contribution < -0.4 is 11.5 Å². The molecule has 0 spiro atoms. The zero-order valence-electron chi connectivity index (χ0n) is 39.0. The molecule has 0 aliphatic carbocycles. The summed E-state index contributed by atoms with van der Waals surface area (Å²) in [5, 5.41) is 0. The molecule has 0 fully saturated rings. The van der Waals surface area contributed by atoms with Crippen LogP contribution in [0, 0.1) is 0 Å². The van der Waals surface area contributed by atoms with Crippen LogP contribution in [0.2, 0.25) is 0 Å². The molecule has 0 aliphatic heterocycles. The van der Waals surface area contributed by atoms with Crippen LogP contribution in [0.25, 0.3) is 0 Å². The van der Waals surface area contributed by atoms with Crippen molar-refractivity contribution in [3.8, 4) is 0 Å². The molecule has 0 rings (SSSR count). The van der Waals surface area contributed by atoms with Crippen molar-refractivity contribution in [2.75, 3.05) is 277 Å². The van der Waals surface area contributed by atoms with Gasteiger partial charge in [0.15, 0.2) is 0 Å². The van der Waals surface area contributed by atoms with Gasteiger partial charge in [-0.25, -0.2) is 0 Å². The fourth-order valence-electron chi connectivity index (χ4n) is 4.45. The van der Waals surface area contributed by atoms with E-state index >= 15 is 0 Å². The van der Waals surface area contributed by atoms with Gasteiger partial charge in [-0.3, -0.25) is 0 Å². The maximum Gasteiger partial charge on any atom is 0.0701 e. The number of ether oxygens (including phenoxy) is 20. The van der Waals surface area contributed by atoms with Crippen LogP contribution in [0.5, 0.6) is 0 Å². The fourth-order valence-corrected chi connectivity index (χ4v) is 4.45. The molecule has 0 saturated carbocycles. The largest absolute Gasteiger partial charge is 0.378 e. The van der Waals surface area contributed by atoms with Crippen LogP contribution >= 0.6 is 0 Å². The van der Waals surface area contributed by atoms with Gasteiger partial charge in [0.2, 0.25) is 0 Å². The predicted molar refractivity (Wildman–Crippen MR) is 234 cm³/mol. The van der Waals surface area contributed by atoms with Gasteiger partial charge < -0.3 is 106 Å². The summed E-state index contributed by atoms with van der Waals surface area (Å²) in [4.78, 5) is 0. The smallest absolute Gasteiger partial charge is 0.0701 e. The first-order valence-corrected chi connectivity index (χ1v) is 22.9.